The lowest BCUT2D eigenvalue weighted by molar-refractivity contribution is -0.140. The van der Waals surface area contributed by atoms with Crippen LogP contribution < -0.4 is 5.32 Å². The van der Waals surface area contributed by atoms with E-state index in [1.54, 1.807) is 35.7 Å². The topological polar surface area (TPSA) is 49.4 Å². The molecule has 0 fully saturated rings. The summed E-state index contributed by atoms with van der Waals surface area (Å²) in [6, 6.07) is 14.7. The number of halogens is 2. The lowest BCUT2D eigenvalue weighted by Gasteiger charge is -2.30. The lowest BCUT2D eigenvalue weighted by Crippen LogP contribution is -2.49. The van der Waals surface area contributed by atoms with Crippen LogP contribution in [0.1, 0.15) is 39.2 Å². The molecule has 0 aliphatic rings. The Morgan fingerprint density at radius 2 is 1.77 bits per heavy atom. The number of hydrogen-bond donors (Lipinski definition) is 1. The summed E-state index contributed by atoms with van der Waals surface area (Å²) >= 11 is 13.8. The van der Waals surface area contributed by atoms with Crippen molar-refractivity contribution in [2.24, 2.45) is 0 Å². The van der Waals surface area contributed by atoms with E-state index in [9.17, 15) is 9.59 Å². The molecule has 2 atom stereocenters. The van der Waals surface area contributed by atoms with E-state index in [2.05, 4.69) is 5.32 Å². The average molecular weight is 467 g/mol. The second-order valence-corrected chi connectivity index (χ2v) is 9.16. The highest BCUT2D eigenvalue weighted by Crippen LogP contribution is 2.24. The van der Waals surface area contributed by atoms with Crippen molar-refractivity contribution in [2.45, 2.75) is 57.1 Å². The van der Waals surface area contributed by atoms with Crippen LogP contribution in [0.3, 0.4) is 0 Å². The Morgan fingerprint density at radius 1 is 1.07 bits per heavy atom. The van der Waals surface area contributed by atoms with Gasteiger partial charge in [0.1, 0.15) is 6.04 Å². The Labute approximate surface area is 193 Å². The molecule has 0 heterocycles. The minimum Gasteiger partial charge on any atom is -0.352 e. The third kappa shape index (κ3) is 7.53. The van der Waals surface area contributed by atoms with Crippen LogP contribution in [0.4, 0.5) is 0 Å². The number of rotatable bonds is 10. The van der Waals surface area contributed by atoms with Crippen molar-refractivity contribution in [3.05, 3.63) is 64.1 Å². The zero-order chi connectivity index (χ0) is 22.1. The van der Waals surface area contributed by atoms with Crippen molar-refractivity contribution in [2.75, 3.05) is 5.75 Å². The third-order valence-electron chi connectivity index (χ3n) is 4.83. The maximum absolute atomic E-state index is 13.1. The van der Waals surface area contributed by atoms with E-state index < -0.39 is 6.04 Å². The fraction of sp³-hybridized carbons (Fsp3) is 0.391. The number of amides is 2. The highest BCUT2D eigenvalue weighted by molar-refractivity contribution is 7.99. The first-order valence-corrected chi connectivity index (χ1v) is 11.8. The zero-order valence-electron chi connectivity index (χ0n) is 17.5. The Morgan fingerprint density at radius 3 is 2.40 bits per heavy atom. The van der Waals surface area contributed by atoms with Crippen LogP contribution in [0.2, 0.25) is 10.0 Å². The summed E-state index contributed by atoms with van der Waals surface area (Å²) in [6.07, 6.45) is 1.16. The molecule has 2 rings (SSSR count). The molecule has 0 saturated carbocycles. The van der Waals surface area contributed by atoms with Crippen LogP contribution in [-0.4, -0.2) is 34.6 Å². The van der Waals surface area contributed by atoms with Crippen LogP contribution >= 0.6 is 35.0 Å². The van der Waals surface area contributed by atoms with Gasteiger partial charge in [-0.3, -0.25) is 9.59 Å². The highest BCUT2D eigenvalue weighted by Gasteiger charge is 2.26. The van der Waals surface area contributed by atoms with E-state index in [-0.39, 0.29) is 17.9 Å². The normalized spacial score (nSPS) is 12.8. The van der Waals surface area contributed by atoms with E-state index in [1.807, 2.05) is 50.2 Å². The number of carbonyl (C=O) groups excluding carboxylic acids is 2. The third-order valence-corrected chi connectivity index (χ3v) is 6.59. The van der Waals surface area contributed by atoms with Gasteiger partial charge in [-0.1, -0.05) is 54.4 Å². The summed E-state index contributed by atoms with van der Waals surface area (Å²) in [5, 5.41) is 3.85. The molecule has 0 radical (unpaired) electrons. The standard InChI is InChI=1S/C23H28Cl2N2O2S/c1-4-16(2)26-23(29)17(3)27(15-18-10-11-20(24)21(25)14-18)22(28)12-13-30-19-8-6-5-7-9-19/h5-11,14,16-17H,4,12-13,15H2,1-3H3,(H,26,29)/t16-,17-/m1/s1. The van der Waals surface area contributed by atoms with Crippen LogP contribution in [0.15, 0.2) is 53.4 Å². The number of nitrogens with zero attached hydrogens (tertiary/aromatic N) is 1. The van der Waals surface area contributed by atoms with Crippen LogP contribution in [0.5, 0.6) is 0 Å². The first kappa shape index (κ1) is 24.6. The van der Waals surface area contributed by atoms with Crippen LogP contribution in [0.25, 0.3) is 0 Å². The quantitative estimate of drug-likeness (QED) is 0.449. The van der Waals surface area contributed by atoms with Crippen molar-refractivity contribution >= 4 is 46.8 Å². The summed E-state index contributed by atoms with van der Waals surface area (Å²) in [5.41, 5.74) is 0.830. The molecular weight excluding hydrogens is 439 g/mol. The van der Waals surface area contributed by atoms with Gasteiger partial charge in [-0.25, -0.2) is 0 Å². The van der Waals surface area contributed by atoms with Gasteiger partial charge in [-0.15, -0.1) is 11.8 Å². The summed E-state index contributed by atoms with van der Waals surface area (Å²) in [6.45, 7) is 6.01. The Balaban J connectivity index is 2.10. The van der Waals surface area contributed by atoms with E-state index in [0.717, 1.165) is 16.9 Å². The predicted octanol–water partition coefficient (Wildman–Crippen LogP) is 5.81. The maximum atomic E-state index is 13.1. The number of thioether (sulfide) groups is 1. The molecular formula is C23H28Cl2N2O2S. The number of nitrogens with one attached hydrogen (secondary N) is 1. The Bertz CT molecular complexity index is 848. The molecule has 0 saturated heterocycles. The zero-order valence-corrected chi connectivity index (χ0v) is 19.9. The molecule has 30 heavy (non-hydrogen) atoms. The van der Waals surface area contributed by atoms with Crippen molar-refractivity contribution in [1.82, 2.24) is 10.2 Å². The first-order chi connectivity index (χ1) is 14.3. The molecule has 0 aromatic heterocycles. The molecule has 2 aromatic rings. The molecule has 0 spiro atoms. The average Bonchev–Trinajstić information content (AvgIpc) is 2.74. The monoisotopic (exact) mass is 466 g/mol. The Hall–Kier alpha value is -1.69. The van der Waals surface area contributed by atoms with Gasteiger partial charge in [0.05, 0.1) is 10.0 Å². The van der Waals surface area contributed by atoms with Crippen molar-refractivity contribution < 1.29 is 9.59 Å². The van der Waals surface area contributed by atoms with Gasteiger partial charge < -0.3 is 10.2 Å². The fourth-order valence-corrected chi connectivity index (χ4v) is 3.98. The molecule has 0 unspecified atom stereocenters. The van der Waals surface area contributed by atoms with Gasteiger partial charge in [0.15, 0.2) is 0 Å². The van der Waals surface area contributed by atoms with Gasteiger partial charge in [0.2, 0.25) is 11.8 Å². The fourth-order valence-electron chi connectivity index (χ4n) is 2.80. The predicted molar refractivity (Wildman–Crippen MR) is 126 cm³/mol. The summed E-state index contributed by atoms with van der Waals surface area (Å²) in [4.78, 5) is 28.5. The minimum absolute atomic E-state index is 0.0514. The molecule has 0 aliphatic carbocycles. The van der Waals surface area contributed by atoms with Crippen LogP contribution in [0, 0.1) is 0 Å². The molecule has 0 aliphatic heterocycles. The van der Waals surface area contributed by atoms with E-state index in [1.165, 1.54) is 0 Å². The molecule has 7 heteroatoms. The summed E-state index contributed by atoms with van der Waals surface area (Å²) < 4.78 is 0. The molecule has 2 aromatic carbocycles. The van der Waals surface area contributed by atoms with E-state index >= 15 is 0 Å². The molecule has 1 N–H and O–H groups in total. The van der Waals surface area contributed by atoms with Gasteiger partial charge in [0.25, 0.3) is 0 Å². The minimum atomic E-state index is -0.595. The second kappa shape index (κ2) is 12.2. The molecule has 0 bridgehead atoms. The van der Waals surface area contributed by atoms with Gasteiger partial charge in [-0.2, -0.15) is 0 Å². The second-order valence-electron chi connectivity index (χ2n) is 7.18. The van der Waals surface area contributed by atoms with Crippen LogP contribution in [-0.2, 0) is 16.1 Å². The van der Waals surface area contributed by atoms with Gasteiger partial charge >= 0.3 is 0 Å². The molecule has 162 valence electrons. The van der Waals surface area contributed by atoms with Crippen molar-refractivity contribution in [1.29, 1.82) is 0 Å². The summed E-state index contributed by atoms with van der Waals surface area (Å²) in [5.74, 6) is 0.408. The Kier molecular flexibility index (Phi) is 10.0. The van der Waals surface area contributed by atoms with E-state index in [4.69, 9.17) is 23.2 Å². The van der Waals surface area contributed by atoms with E-state index in [0.29, 0.717) is 28.8 Å². The van der Waals surface area contributed by atoms with Gasteiger partial charge in [0, 0.05) is 29.7 Å². The smallest absolute Gasteiger partial charge is 0.242 e. The number of carbonyl (C=O) groups is 2. The van der Waals surface area contributed by atoms with Crippen molar-refractivity contribution in [3.63, 3.8) is 0 Å². The number of hydrogen-bond acceptors (Lipinski definition) is 3. The largest absolute Gasteiger partial charge is 0.352 e. The molecule has 2 amide bonds. The van der Waals surface area contributed by atoms with Crippen molar-refractivity contribution in [3.8, 4) is 0 Å². The first-order valence-electron chi connectivity index (χ1n) is 10.0. The molecule has 4 nitrogen and oxygen atoms in total. The lowest BCUT2D eigenvalue weighted by atomic mass is 10.1. The van der Waals surface area contributed by atoms with Gasteiger partial charge in [-0.05, 0) is 50.1 Å². The SMILES string of the molecule is CC[C@@H](C)NC(=O)[C@@H](C)N(Cc1ccc(Cl)c(Cl)c1)C(=O)CCSc1ccccc1. The number of benzene rings is 2. The summed E-state index contributed by atoms with van der Waals surface area (Å²) in [7, 11) is 0. The maximum Gasteiger partial charge on any atom is 0.242 e. The highest BCUT2D eigenvalue weighted by atomic mass is 35.5.